The van der Waals surface area contributed by atoms with Crippen molar-refractivity contribution in [2.24, 2.45) is 5.73 Å². The summed E-state index contributed by atoms with van der Waals surface area (Å²) in [4.78, 5) is 11.9. The standard InChI is InChI=1S/C14H22N2O3/c1-2-8-19-13-5-3-4-12(11-13)14(17)16-7-10-18-9-6-15/h3-5,11H,2,6-10,15H2,1H3,(H,16,17). The van der Waals surface area contributed by atoms with Crippen molar-refractivity contribution in [3.8, 4) is 5.75 Å². The Morgan fingerprint density at radius 1 is 1.32 bits per heavy atom. The van der Waals surface area contributed by atoms with Crippen molar-refractivity contribution in [2.75, 3.05) is 32.9 Å². The van der Waals surface area contributed by atoms with Gasteiger partial charge in [-0.15, -0.1) is 0 Å². The molecule has 0 radical (unpaired) electrons. The van der Waals surface area contributed by atoms with Crippen LogP contribution < -0.4 is 15.8 Å². The van der Waals surface area contributed by atoms with Gasteiger partial charge in [0.05, 0.1) is 19.8 Å². The van der Waals surface area contributed by atoms with Crippen molar-refractivity contribution in [2.45, 2.75) is 13.3 Å². The monoisotopic (exact) mass is 266 g/mol. The van der Waals surface area contributed by atoms with Crippen LogP contribution in [0.3, 0.4) is 0 Å². The van der Waals surface area contributed by atoms with Crippen molar-refractivity contribution < 1.29 is 14.3 Å². The molecule has 1 rings (SSSR count). The molecule has 106 valence electrons. The molecular formula is C14H22N2O3. The maximum atomic E-state index is 11.9. The van der Waals surface area contributed by atoms with Gasteiger partial charge in [0.25, 0.3) is 5.91 Å². The van der Waals surface area contributed by atoms with Crippen molar-refractivity contribution in [3.63, 3.8) is 0 Å². The van der Waals surface area contributed by atoms with Gasteiger partial charge in [0.15, 0.2) is 0 Å². The van der Waals surface area contributed by atoms with Crippen LogP contribution in [-0.4, -0.2) is 38.8 Å². The Bertz CT molecular complexity index is 383. The van der Waals surface area contributed by atoms with E-state index in [-0.39, 0.29) is 5.91 Å². The van der Waals surface area contributed by atoms with E-state index >= 15 is 0 Å². The molecule has 0 saturated heterocycles. The quantitative estimate of drug-likeness (QED) is 0.658. The van der Waals surface area contributed by atoms with E-state index in [9.17, 15) is 4.79 Å². The fourth-order valence-electron chi connectivity index (χ4n) is 1.47. The Balaban J connectivity index is 2.38. The molecule has 0 atom stereocenters. The van der Waals surface area contributed by atoms with Gasteiger partial charge in [-0.2, -0.15) is 0 Å². The molecular weight excluding hydrogens is 244 g/mol. The minimum absolute atomic E-state index is 0.127. The SMILES string of the molecule is CCCOc1cccc(C(=O)NCCOCCN)c1. The van der Waals surface area contributed by atoms with E-state index < -0.39 is 0 Å². The Morgan fingerprint density at radius 3 is 2.89 bits per heavy atom. The zero-order valence-corrected chi connectivity index (χ0v) is 11.4. The number of hydrogen-bond donors (Lipinski definition) is 2. The predicted molar refractivity (Wildman–Crippen MR) is 74.4 cm³/mol. The van der Waals surface area contributed by atoms with Gasteiger partial charge < -0.3 is 20.5 Å². The van der Waals surface area contributed by atoms with Crippen LogP contribution in [0.4, 0.5) is 0 Å². The maximum Gasteiger partial charge on any atom is 0.251 e. The molecule has 5 heteroatoms. The van der Waals surface area contributed by atoms with E-state index in [4.69, 9.17) is 15.2 Å². The average molecular weight is 266 g/mol. The Morgan fingerprint density at radius 2 is 2.16 bits per heavy atom. The minimum atomic E-state index is -0.127. The van der Waals surface area contributed by atoms with Crippen LogP contribution in [0.15, 0.2) is 24.3 Å². The molecule has 1 aromatic carbocycles. The second-order valence-electron chi connectivity index (χ2n) is 4.03. The van der Waals surface area contributed by atoms with Crippen molar-refractivity contribution in [3.05, 3.63) is 29.8 Å². The van der Waals surface area contributed by atoms with Gasteiger partial charge in [-0.25, -0.2) is 0 Å². The Hall–Kier alpha value is -1.59. The summed E-state index contributed by atoms with van der Waals surface area (Å²) in [5, 5.41) is 2.78. The number of hydrogen-bond acceptors (Lipinski definition) is 4. The summed E-state index contributed by atoms with van der Waals surface area (Å²) in [6.45, 7) is 4.63. The first-order chi connectivity index (χ1) is 9.27. The highest BCUT2D eigenvalue weighted by Crippen LogP contribution is 2.13. The summed E-state index contributed by atoms with van der Waals surface area (Å²) in [6, 6.07) is 7.16. The number of rotatable bonds is 9. The lowest BCUT2D eigenvalue weighted by molar-refractivity contribution is 0.0919. The topological polar surface area (TPSA) is 73.6 Å². The maximum absolute atomic E-state index is 11.9. The molecule has 0 unspecified atom stereocenters. The summed E-state index contributed by atoms with van der Waals surface area (Å²) < 4.78 is 10.7. The van der Waals surface area contributed by atoms with Crippen LogP contribution in [0.1, 0.15) is 23.7 Å². The molecule has 5 nitrogen and oxygen atoms in total. The van der Waals surface area contributed by atoms with Crippen LogP contribution in [0.2, 0.25) is 0 Å². The minimum Gasteiger partial charge on any atom is -0.494 e. The molecule has 0 fully saturated rings. The highest BCUT2D eigenvalue weighted by Gasteiger charge is 2.05. The molecule has 0 aromatic heterocycles. The van der Waals surface area contributed by atoms with Crippen LogP contribution in [0.25, 0.3) is 0 Å². The lowest BCUT2D eigenvalue weighted by Crippen LogP contribution is -2.27. The number of nitrogens with two attached hydrogens (primary N) is 1. The van der Waals surface area contributed by atoms with Gasteiger partial charge in [0.2, 0.25) is 0 Å². The summed E-state index contributed by atoms with van der Waals surface area (Å²) in [5.74, 6) is 0.590. The summed E-state index contributed by atoms with van der Waals surface area (Å²) >= 11 is 0. The average Bonchev–Trinajstić information content (AvgIpc) is 2.45. The lowest BCUT2D eigenvalue weighted by atomic mass is 10.2. The van der Waals surface area contributed by atoms with Crippen molar-refractivity contribution >= 4 is 5.91 Å². The van der Waals surface area contributed by atoms with E-state index in [0.29, 0.717) is 44.2 Å². The Kier molecular flexibility index (Phi) is 7.62. The first-order valence-corrected chi connectivity index (χ1v) is 6.56. The van der Waals surface area contributed by atoms with Gasteiger partial charge in [-0.05, 0) is 24.6 Å². The zero-order chi connectivity index (χ0) is 13.9. The molecule has 3 N–H and O–H groups in total. The van der Waals surface area contributed by atoms with Gasteiger partial charge in [-0.1, -0.05) is 13.0 Å². The van der Waals surface area contributed by atoms with E-state index in [1.165, 1.54) is 0 Å². The normalized spacial score (nSPS) is 10.2. The fourth-order valence-corrected chi connectivity index (χ4v) is 1.47. The third-order valence-corrected chi connectivity index (χ3v) is 2.36. The summed E-state index contributed by atoms with van der Waals surface area (Å²) in [5.41, 5.74) is 5.88. The molecule has 19 heavy (non-hydrogen) atoms. The van der Waals surface area contributed by atoms with Gasteiger partial charge >= 0.3 is 0 Å². The first-order valence-electron chi connectivity index (χ1n) is 6.56. The molecule has 0 aliphatic heterocycles. The number of carbonyl (C=O) groups excluding carboxylic acids is 1. The molecule has 0 aliphatic carbocycles. The van der Waals surface area contributed by atoms with E-state index in [2.05, 4.69) is 5.32 Å². The molecule has 1 amide bonds. The van der Waals surface area contributed by atoms with Gasteiger partial charge in [0.1, 0.15) is 5.75 Å². The number of benzene rings is 1. The van der Waals surface area contributed by atoms with Crippen LogP contribution in [0.5, 0.6) is 5.75 Å². The number of carbonyl (C=O) groups is 1. The van der Waals surface area contributed by atoms with Crippen LogP contribution in [-0.2, 0) is 4.74 Å². The van der Waals surface area contributed by atoms with E-state index in [1.54, 1.807) is 12.1 Å². The summed E-state index contributed by atoms with van der Waals surface area (Å²) in [6.07, 6.45) is 0.939. The van der Waals surface area contributed by atoms with Crippen molar-refractivity contribution in [1.82, 2.24) is 5.32 Å². The van der Waals surface area contributed by atoms with E-state index in [1.807, 2.05) is 19.1 Å². The molecule has 0 saturated carbocycles. The Labute approximate surface area is 114 Å². The predicted octanol–water partition coefficient (Wildman–Crippen LogP) is 1.18. The number of nitrogens with one attached hydrogen (secondary N) is 1. The molecule has 0 spiro atoms. The summed E-state index contributed by atoms with van der Waals surface area (Å²) in [7, 11) is 0. The zero-order valence-electron chi connectivity index (χ0n) is 11.4. The van der Waals surface area contributed by atoms with Crippen molar-refractivity contribution in [1.29, 1.82) is 0 Å². The fraction of sp³-hybridized carbons (Fsp3) is 0.500. The van der Waals surface area contributed by atoms with Gasteiger partial charge in [-0.3, -0.25) is 4.79 Å². The lowest BCUT2D eigenvalue weighted by Gasteiger charge is -2.08. The smallest absolute Gasteiger partial charge is 0.251 e. The van der Waals surface area contributed by atoms with Crippen LogP contribution >= 0.6 is 0 Å². The largest absolute Gasteiger partial charge is 0.494 e. The third-order valence-electron chi connectivity index (χ3n) is 2.36. The number of amides is 1. The molecule has 1 aromatic rings. The van der Waals surface area contributed by atoms with Gasteiger partial charge in [0, 0.05) is 18.7 Å². The first kappa shape index (κ1) is 15.5. The second-order valence-corrected chi connectivity index (χ2v) is 4.03. The molecule has 0 aliphatic rings. The number of ether oxygens (including phenoxy) is 2. The molecule has 0 bridgehead atoms. The third kappa shape index (κ3) is 6.22. The highest BCUT2D eigenvalue weighted by atomic mass is 16.5. The highest BCUT2D eigenvalue weighted by molar-refractivity contribution is 5.94. The van der Waals surface area contributed by atoms with Crippen LogP contribution in [0, 0.1) is 0 Å². The van der Waals surface area contributed by atoms with E-state index in [0.717, 1.165) is 6.42 Å². The molecule has 0 heterocycles. The second kappa shape index (κ2) is 9.35.